The van der Waals surface area contributed by atoms with Crippen molar-refractivity contribution in [3.8, 4) is 0 Å². The van der Waals surface area contributed by atoms with Crippen LogP contribution < -0.4 is 10.6 Å². The molecule has 2 N–H and O–H groups in total. The molecule has 2 aromatic rings. The lowest BCUT2D eigenvalue weighted by Crippen LogP contribution is -2.28. The molecular formula is C18H21FN4O2. The zero-order valence-corrected chi connectivity index (χ0v) is 14.3. The number of benzene rings is 1. The number of halogens is 1. The van der Waals surface area contributed by atoms with Gasteiger partial charge in [-0.15, -0.1) is 0 Å². The quantitative estimate of drug-likeness (QED) is 0.755. The number of carbonyl (C=O) groups is 2. The number of hydrogen-bond donors (Lipinski definition) is 2. The van der Waals surface area contributed by atoms with E-state index in [2.05, 4.69) is 15.6 Å². The smallest absolute Gasteiger partial charge is 0.269 e. The van der Waals surface area contributed by atoms with Crippen molar-refractivity contribution >= 4 is 17.5 Å². The second kappa shape index (κ2) is 8.89. The van der Waals surface area contributed by atoms with Gasteiger partial charge in [0.25, 0.3) is 11.8 Å². The van der Waals surface area contributed by atoms with Crippen molar-refractivity contribution in [1.82, 2.24) is 15.2 Å². The largest absolute Gasteiger partial charge is 0.351 e. The fraction of sp³-hybridized carbons (Fsp3) is 0.278. The van der Waals surface area contributed by atoms with Crippen LogP contribution in [0.25, 0.3) is 0 Å². The zero-order chi connectivity index (χ0) is 18.2. The lowest BCUT2D eigenvalue weighted by atomic mass is 10.2. The number of pyridine rings is 1. The molecule has 25 heavy (non-hydrogen) atoms. The summed E-state index contributed by atoms with van der Waals surface area (Å²) in [5.74, 6) is -1.38. The van der Waals surface area contributed by atoms with Crippen molar-refractivity contribution in [3.05, 3.63) is 59.7 Å². The maximum Gasteiger partial charge on any atom is 0.269 e. The molecule has 0 bridgehead atoms. The van der Waals surface area contributed by atoms with Gasteiger partial charge < -0.3 is 15.5 Å². The molecule has 6 nitrogen and oxygen atoms in total. The van der Waals surface area contributed by atoms with Gasteiger partial charge in [-0.3, -0.25) is 14.6 Å². The SMILES string of the molecule is CN(C)CCCNC(=O)c1cc(C(=O)Nc2ccccc2F)ccn1. The summed E-state index contributed by atoms with van der Waals surface area (Å²) in [6.45, 7) is 1.38. The fourth-order valence-corrected chi connectivity index (χ4v) is 2.14. The monoisotopic (exact) mass is 344 g/mol. The third kappa shape index (κ3) is 5.65. The highest BCUT2D eigenvalue weighted by Gasteiger charge is 2.13. The number of amides is 2. The highest BCUT2D eigenvalue weighted by molar-refractivity contribution is 6.05. The van der Waals surface area contributed by atoms with Crippen LogP contribution in [0.15, 0.2) is 42.6 Å². The Kier molecular flexibility index (Phi) is 6.59. The number of nitrogens with zero attached hydrogens (tertiary/aromatic N) is 2. The van der Waals surface area contributed by atoms with E-state index in [1.807, 2.05) is 19.0 Å². The molecule has 0 fully saturated rings. The average Bonchev–Trinajstić information content (AvgIpc) is 2.60. The summed E-state index contributed by atoms with van der Waals surface area (Å²) in [7, 11) is 3.92. The van der Waals surface area contributed by atoms with E-state index in [-0.39, 0.29) is 22.9 Å². The van der Waals surface area contributed by atoms with E-state index in [0.717, 1.165) is 13.0 Å². The van der Waals surface area contributed by atoms with E-state index < -0.39 is 11.7 Å². The van der Waals surface area contributed by atoms with E-state index >= 15 is 0 Å². The highest BCUT2D eigenvalue weighted by Crippen LogP contribution is 2.14. The van der Waals surface area contributed by atoms with E-state index in [1.165, 1.54) is 36.5 Å². The van der Waals surface area contributed by atoms with Crippen LogP contribution in [0.4, 0.5) is 10.1 Å². The second-order valence-corrected chi connectivity index (χ2v) is 5.78. The lowest BCUT2D eigenvalue weighted by molar-refractivity contribution is 0.0947. The van der Waals surface area contributed by atoms with Crippen LogP contribution in [-0.4, -0.2) is 48.9 Å². The number of carbonyl (C=O) groups excluding carboxylic acids is 2. The van der Waals surface area contributed by atoms with E-state index in [0.29, 0.717) is 6.54 Å². The topological polar surface area (TPSA) is 74.3 Å². The molecule has 0 saturated heterocycles. The normalized spacial score (nSPS) is 10.6. The van der Waals surface area contributed by atoms with Gasteiger partial charge in [-0.25, -0.2) is 4.39 Å². The van der Waals surface area contributed by atoms with Crippen molar-refractivity contribution in [3.63, 3.8) is 0 Å². The van der Waals surface area contributed by atoms with E-state index in [1.54, 1.807) is 6.07 Å². The van der Waals surface area contributed by atoms with Crippen molar-refractivity contribution in [2.75, 3.05) is 32.5 Å². The number of hydrogen-bond acceptors (Lipinski definition) is 4. The Morgan fingerprint density at radius 2 is 1.92 bits per heavy atom. The molecule has 132 valence electrons. The summed E-state index contributed by atoms with van der Waals surface area (Å²) >= 11 is 0. The number of rotatable bonds is 7. The zero-order valence-electron chi connectivity index (χ0n) is 14.3. The molecule has 7 heteroatoms. The van der Waals surface area contributed by atoms with Gasteiger partial charge in [-0.1, -0.05) is 12.1 Å². The summed E-state index contributed by atoms with van der Waals surface area (Å²) in [4.78, 5) is 30.3. The van der Waals surface area contributed by atoms with Gasteiger partial charge >= 0.3 is 0 Å². The molecule has 1 heterocycles. The van der Waals surface area contributed by atoms with Crippen LogP contribution in [0.2, 0.25) is 0 Å². The van der Waals surface area contributed by atoms with Gasteiger partial charge in [0.05, 0.1) is 5.69 Å². The standard InChI is InChI=1S/C18H21FN4O2/c1-23(2)11-5-9-21-18(25)16-12-13(8-10-20-16)17(24)22-15-7-4-3-6-14(15)19/h3-4,6-8,10,12H,5,9,11H2,1-2H3,(H,21,25)(H,22,24). The van der Waals surface area contributed by atoms with Crippen LogP contribution >= 0.6 is 0 Å². The predicted molar refractivity (Wildman–Crippen MR) is 94.1 cm³/mol. The van der Waals surface area contributed by atoms with Gasteiger partial charge in [0.1, 0.15) is 11.5 Å². The molecular weight excluding hydrogens is 323 g/mol. The van der Waals surface area contributed by atoms with Gasteiger partial charge in [0.15, 0.2) is 0 Å². The van der Waals surface area contributed by atoms with Gasteiger partial charge in [-0.2, -0.15) is 0 Å². The molecule has 0 saturated carbocycles. The molecule has 0 spiro atoms. The Labute approximate surface area is 146 Å². The van der Waals surface area contributed by atoms with E-state index in [9.17, 15) is 14.0 Å². The molecule has 0 aliphatic carbocycles. The van der Waals surface area contributed by atoms with Gasteiger partial charge in [-0.05, 0) is 51.3 Å². The molecule has 0 aliphatic rings. The lowest BCUT2D eigenvalue weighted by Gasteiger charge is -2.10. The Morgan fingerprint density at radius 3 is 2.64 bits per heavy atom. The van der Waals surface area contributed by atoms with Crippen molar-refractivity contribution in [2.24, 2.45) is 0 Å². The predicted octanol–water partition coefficient (Wildman–Crippen LogP) is 2.15. The first kappa shape index (κ1) is 18.5. The summed E-state index contributed by atoms with van der Waals surface area (Å²) in [5, 5.41) is 5.24. The number of aromatic nitrogens is 1. The van der Waals surface area contributed by atoms with E-state index in [4.69, 9.17) is 0 Å². The first-order valence-corrected chi connectivity index (χ1v) is 7.92. The first-order valence-electron chi connectivity index (χ1n) is 7.92. The van der Waals surface area contributed by atoms with Crippen molar-refractivity contribution < 1.29 is 14.0 Å². The third-order valence-corrected chi connectivity index (χ3v) is 3.44. The molecule has 0 radical (unpaired) electrons. The van der Waals surface area contributed by atoms with Gasteiger partial charge in [0.2, 0.25) is 0 Å². The van der Waals surface area contributed by atoms with Crippen LogP contribution in [-0.2, 0) is 0 Å². The number of para-hydroxylation sites is 1. The fourth-order valence-electron chi connectivity index (χ4n) is 2.14. The Balaban J connectivity index is 1.99. The molecule has 2 rings (SSSR count). The summed E-state index contributed by atoms with van der Waals surface area (Å²) in [5.41, 5.74) is 0.460. The van der Waals surface area contributed by atoms with Crippen molar-refractivity contribution in [1.29, 1.82) is 0 Å². The molecule has 1 aromatic carbocycles. The summed E-state index contributed by atoms with van der Waals surface area (Å²) in [6, 6.07) is 8.74. The summed E-state index contributed by atoms with van der Waals surface area (Å²) < 4.78 is 13.6. The Morgan fingerprint density at radius 1 is 1.16 bits per heavy atom. The van der Waals surface area contributed by atoms with Crippen molar-refractivity contribution in [2.45, 2.75) is 6.42 Å². The van der Waals surface area contributed by atoms with Crippen LogP contribution in [0.5, 0.6) is 0 Å². The highest BCUT2D eigenvalue weighted by atomic mass is 19.1. The molecule has 0 atom stereocenters. The minimum Gasteiger partial charge on any atom is -0.351 e. The first-order chi connectivity index (χ1) is 12.0. The number of nitrogens with one attached hydrogen (secondary N) is 2. The van der Waals surface area contributed by atoms with Crippen LogP contribution in [0.3, 0.4) is 0 Å². The van der Waals surface area contributed by atoms with Crippen LogP contribution in [0.1, 0.15) is 27.3 Å². The summed E-state index contributed by atoms with van der Waals surface area (Å²) in [6.07, 6.45) is 2.19. The Bertz CT molecular complexity index is 749. The third-order valence-electron chi connectivity index (χ3n) is 3.44. The van der Waals surface area contributed by atoms with Crippen LogP contribution in [0, 0.1) is 5.82 Å². The molecule has 1 aromatic heterocycles. The number of anilines is 1. The average molecular weight is 344 g/mol. The Hall–Kier alpha value is -2.80. The second-order valence-electron chi connectivity index (χ2n) is 5.78. The molecule has 0 aliphatic heterocycles. The minimum absolute atomic E-state index is 0.0824. The minimum atomic E-state index is -0.524. The maximum absolute atomic E-state index is 13.6. The molecule has 2 amide bonds. The maximum atomic E-state index is 13.6. The molecule has 0 unspecified atom stereocenters. The van der Waals surface area contributed by atoms with Gasteiger partial charge in [0, 0.05) is 18.3 Å².